The third kappa shape index (κ3) is 3.87. The summed E-state index contributed by atoms with van der Waals surface area (Å²) in [6.45, 7) is 7.95. The molecule has 1 unspecified atom stereocenters. The summed E-state index contributed by atoms with van der Waals surface area (Å²) in [7, 11) is 0. The van der Waals surface area contributed by atoms with Crippen LogP contribution >= 0.6 is 23.2 Å². The predicted molar refractivity (Wildman–Crippen MR) is 84.1 cm³/mol. The number of benzene rings is 1. The Morgan fingerprint density at radius 1 is 1.32 bits per heavy atom. The second-order valence-corrected chi connectivity index (χ2v) is 7.14. The average molecular weight is 300 g/mol. The maximum absolute atomic E-state index is 6.33. The van der Waals surface area contributed by atoms with Crippen molar-refractivity contribution in [3.05, 3.63) is 33.8 Å². The van der Waals surface area contributed by atoms with Crippen molar-refractivity contribution >= 4 is 23.2 Å². The molecule has 3 heteroatoms. The molecule has 0 heterocycles. The fourth-order valence-electron chi connectivity index (χ4n) is 2.26. The van der Waals surface area contributed by atoms with Crippen LogP contribution in [-0.2, 0) is 6.42 Å². The van der Waals surface area contributed by atoms with Crippen molar-refractivity contribution in [1.29, 1.82) is 0 Å². The Morgan fingerprint density at radius 2 is 2.00 bits per heavy atom. The van der Waals surface area contributed by atoms with Crippen molar-refractivity contribution < 1.29 is 0 Å². The second-order valence-electron chi connectivity index (χ2n) is 6.35. The van der Waals surface area contributed by atoms with Crippen LogP contribution in [0.15, 0.2) is 18.2 Å². The average Bonchev–Trinajstić information content (AvgIpc) is 3.16. The molecular formula is C16H23Cl2N. The SMILES string of the molecule is CC(C)C(C)(CNC1CC1)Cc1cccc(Cl)c1Cl. The predicted octanol–water partition coefficient (Wildman–Crippen LogP) is 4.95. The lowest BCUT2D eigenvalue weighted by Gasteiger charge is -2.35. The van der Waals surface area contributed by atoms with Crippen LogP contribution in [0.1, 0.15) is 39.2 Å². The molecular weight excluding hydrogens is 277 g/mol. The summed E-state index contributed by atoms with van der Waals surface area (Å²) in [5, 5.41) is 5.02. The van der Waals surface area contributed by atoms with Gasteiger partial charge in [0.1, 0.15) is 0 Å². The van der Waals surface area contributed by atoms with Crippen LogP contribution in [0.3, 0.4) is 0 Å². The Hall–Kier alpha value is -0.240. The highest BCUT2D eigenvalue weighted by Crippen LogP contribution is 2.36. The summed E-state index contributed by atoms with van der Waals surface area (Å²) in [6.07, 6.45) is 3.61. The maximum atomic E-state index is 6.33. The van der Waals surface area contributed by atoms with Gasteiger partial charge in [-0.05, 0) is 42.2 Å². The fourth-order valence-corrected chi connectivity index (χ4v) is 2.64. The van der Waals surface area contributed by atoms with E-state index in [9.17, 15) is 0 Å². The van der Waals surface area contributed by atoms with Gasteiger partial charge in [-0.15, -0.1) is 0 Å². The molecule has 19 heavy (non-hydrogen) atoms. The van der Waals surface area contributed by atoms with Gasteiger partial charge in [-0.2, -0.15) is 0 Å². The molecule has 1 aromatic carbocycles. The molecule has 1 atom stereocenters. The summed E-state index contributed by atoms with van der Waals surface area (Å²) < 4.78 is 0. The Balaban J connectivity index is 2.12. The van der Waals surface area contributed by atoms with Gasteiger partial charge in [0, 0.05) is 12.6 Å². The quantitative estimate of drug-likeness (QED) is 0.783. The molecule has 1 saturated carbocycles. The number of hydrogen-bond donors (Lipinski definition) is 1. The molecule has 0 radical (unpaired) electrons. The van der Waals surface area contributed by atoms with Gasteiger partial charge in [0.05, 0.1) is 10.0 Å². The van der Waals surface area contributed by atoms with E-state index < -0.39 is 0 Å². The third-order valence-corrected chi connectivity index (χ3v) is 5.25. The lowest BCUT2D eigenvalue weighted by Crippen LogP contribution is -2.38. The molecule has 1 N–H and O–H groups in total. The van der Waals surface area contributed by atoms with Gasteiger partial charge in [0.15, 0.2) is 0 Å². The first-order chi connectivity index (χ1) is 8.92. The van der Waals surface area contributed by atoms with Crippen molar-refractivity contribution in [2.75, 3.05) is 6.54 Å². The molecule has 1 aliphatic carbocycles. The molecule has 1 aliphatic rings. The standard InChI is InChI=1S/C16H23Cl2N/c1-11(2)16(3,10-19-13-7-8-13)9-12-5-4-6-14(17)15(12)18/h4-6,11,13,19H,7-10H2,1-3H3. The zero-order valence-electron chi connectivity index (χ0n) is 12.0. The Labute approximate surface area is 126 Å². The van der Waals surface area contributed by atoms with Gasteiger partial charge in [-0.25, -0.2) is 0 Å². The number of nitrogens with one attached hydrogen (secondary N) is 1. The second kappa shape index (κ2) is 6.03. The van der Waals surface area contributed by atoms with E-state index in [1.54, 1.807) is 0 Å². The first kappa shape index (κ1) is 15.2. The van der Waals surface area contributed by atoms with Crippen molar-refractivity contribution in [2.45, 2.75) is 46.1 Å². The van der Waals surface area contributed by atoms with Crippen LogP contribution in [-0.4, -0.2) is 12.6 Å². The van der Waals surface area contributed by atoms with Gasteiger partial charge < -0.3 is 5.32 Å². The van der Waals surface area contributed by atoms with E-state index in [1.807, 2.05) is 12.1 Å². The Kier molecular flexibility index (Phi) is 4.81. The first-order valence-corrected chi connectivity index (χ1v) is 7.84. The highest BCUT2D eigenvalue weighted by molar-refractivity contribution is 6.42. The summed E-state index contributed by atoms with van der Waals surface area (Å²) in [5.74, 6) is 0.591. The van der Waals surface area contributed by atoms with E-state index in [-0.39, 0.29) is 5.41 Å². The largest absolute Gasteiger partial charge is 0.313 e. The Morgan fingerprint density at radius 3 is 2.58 bits per heavy atom. The molecule has 0 bridgehead atoms. The van der Waals surface area contributed by atoms with Crippen molar-refractivity contribution in [1.82, 2.24) is 5.32 Å². The normalized spacial score (nSPS) is 18.6. The van der Waals surface area contributed by atoms with Crippen LogP contribution in [0.4, 0.5) is 0 Å². The minimum atomic E-state index is 0.205. The molecule has 0 amide bonds. The van der Waals surface area contributed by atoms with Gasteiger partial charge in [-0.1, -0.05) is 56.1 Å². The zero-order chi connectivity index (χ0) is 14.0. The van der Waals surface area contributed by atoms with Crippen LogP contribution in [0.25, 0.3) is 0 Å². The molecule has 1 aromatic rings. The summed E-state index contributed by atoms with van der Waals surface area (Å²) in [5.41, 5.74) is 1.36. The van der Waals surface area contributed by atoms with E-state index >= 15 is 0 Å². The van der Waals surface area contributed by atoms with E-state index in [1.165, 1.54) is 12.8 Å². The van der Waals surface area contributed by atoms with Crippen LogP contribution in [0.5, 0.6) is 0 Å². The maximum Gasteiger partial charge on any atom is 0.0624 e. The molecule has 1 nitrogen and oxygen atoms in total. The monoisotopic (exact) mass is 299 g/mol. The van der Waals surface area contributed by atoms with Crippen LogP contribution in [0.2, 0.25) is 10.0 Å². The minimum Gasteiger partial charge on any atom is -0.313 e. The van der Waals surface area contributed by atoms with Gasteiger partial charge >= 0.3 is 0 Å². The van der Waals surface area contributed by atoms with Crippen molar-refractivity contribution in [2.24, 2.45) is 11.3 Å². The van der Waals surface area contributed by atoms with Crippen LogP contribution < -0.4 is 5.32 Å². The molecule has 1 fully saturated rings. The number of rotatable bonds is 6. The zero-order valence-corrected chi connectivity index (χ0v) is 13.5. The van der Waals surface area contributed by atoms with E-state index in [0.29, 0.717) is 16.0 Å². The van der Waals surface area contributed by atoms with Gasteiger partial charge in [0.2, 0.25) is 0 Å². The van der Waals surface area contributed by atoms with Crippen molar-refractivity contribution in [3.8, 4) is 0 Å². The minimum absolute atomic E-state index is 0.205. The molecule has 2 rings (SSSR count). The van der Waals surface area contributed by atoms with E-state index in [2.05, 4.69) is 32.2 Å². The fraction of sp³-hybridized carbons (Fsp3) is 0.625. The highest BCUT2D eigenvalue weighted by Gasteiger charge is 2.32. The lowest BCUT2D eigenvalue weighted by molar-refractivity contribution is 0.206. The topological polar surface area (TPSA) is 12.0 Å². The van der Waals surface area contributed by atoms with Crippen LogP contribution in [0, 0.1) is 11.3 Å². The van der Waals surface area contributed by atoms with Gasteiger partial charge in [0.25, 0.3) is 0 Å². The summed E-state index contributed by atoms with van der Waals surface area (Å²) in [6, 6.07) is 6.67. The highest BCUT2D eigenvalue weighted by atomic mass is 35.5. The lowest BCUT2D eigenvalue weighted by atomic mass is 9.74. The smallest absolute Gasteiger partial charge is 0.0624 e. The van der Waals surface area contributed by atoms with E-state index in [4.69, 9.17) is 23.2 Å². The molecule has 0 saturated heterocycles. The molecule has 0 spiro atoms. The number of halogens is 2. The molecule has 106 valence electrons. The molecule has 0 aliphatic heterocycles. The van der Waals surface area contributed by atoms with E-state index in [0.717, 1.165) is 24.6 Å². The number of hydrogen-bond acceptors (Lipinski definition) is 1. The molecule has 0 aromatic heterocycles. The Bertz CT molecular complexity index is 440. The first-order valence-electron chi connectivity index (χ1n) is 7.08. The summed E-state index contributed by atoms with van der Waals surface area (Å²) in [4.78, 5) is 0. The summed E-state index contributed by atoms with van der Waals surface area (Å²) >= 11 is 12.4. The van der Waals surface area contributed by atoms with Crippen molar-refractivity contribution in [3.63, 3.8) is 0 Å². The third-order valence-electron chi connectivity index (χ3n) is 4.39. The van der Waals surface area contributed by atoms with Gasteiger partial charge in [-0.3, -0.25) is 0 Å².